The summed E-state index contributed by atoms with van der Waals surface area (Å²) in [4.78, 5) is 12.4. The van der Waals surface area contributed by atoms with E-state index in [4.69, 9.17) is 4.74 Å². The molecule has 0 fully saturated rings. The number of carbonyl (C=O) groups excluding carboxylic acids is 1. The fraction of sp³-hybridized carbons (Fsp3) is 0.269. The number of nitrogens with zero attached hydrogens (tertiary/aromatic N) is 1. The number of sulfonamides is 1. The largest absolute Gasteiger partial charge is 0.375 e. The van der Waals surface area contributed by atoms with Gasteiger partial charge in [0.2, 0.25) is 10.0 Å². The molecule has 3 aromatic rings. The summed E-state index contributed by atoms with van der Waals surface area (Å²) >= 11 is 0. The summed E-state index contributed by atoms with van der Waals surface area (Å²) in [5.74, 6) is -0.193. The van der Waals surface area contributed by atoms with Gasteiger partial charge in [-0.15, -0.1) is 0 Å². The molecule has 0 unspecified atom stereocenters. The molecule has 0 aliphatic heterocycles. The standard InChI is InChI=1S/C26H30N2O4S/c1-3-23-11-7-8-12-25(23)28(33(2,30)31)19-21-13-15-24(16-14-21)26(29)27-17-18-32-20-22-9-5-4-6-10-22/h4-16H,3,17-20H2,1-2H3,(H,27,29). The number of carbonyl (C=O) groups is 1. The maximum Gasteiger partial charge on any atom is 0.251 e. The lowest BCUT2D eigenvalue weighted by atomic mass is 10.1. The van der Waals surface area contributed by atoms with Crippen molar-refractivity contribution in [3.63, 3.8) is 0 Å². The molecule has 0 heterocycles. The minimum atomic E-state index is -3.47. The molecule has 0 aromatic heterocycles. The number of hydrogen-bond acceptors (Lipinski definition) is 4. The van der Waals surface area contributed by atoms with Gasteiger partial charge in [-0.05, 0) is 41.3 Å². The summed E-state index contributed by atoms with van der Waals surface area (Å²) in [6, 6.07) is 24.3. The van der Waals surface area contributed by atoms with Gasteiger partial charge in [0.15, 0.2) is 0 Å². The lowest BCUT2D eigenvalue weighted by Gasteiger charge is -2.25. The lowest BCUT2D eigenvalue weighted by molar-refractivity contribution is 0.0901. The number of aryl methyl sites for hydroxylation is 1. The van der Waals surface area contributed by atoms with Gasteiger partial charge in [0.25, 0.3) is 5.91 Å². The van der Waals surface area contributed by atoms with Crippen molar-refractivity contribution in [3.05, 3.63) is 101 Å². The van der Waals surface area contributed by atoms with E-state index >= 15 is 0 Å². The molecule has 7 heteroatoms. The van der Waals surface area contributed by atoms with Crippen LogP contribution in [-0.4, -0.2) is 33.7 Å². The maximum atomic E-state index is 12.5. The number of nitrogens with one attached hydrogen (secondary N) is 1. The summed E-state index contributed by atoms with van der Waals surface area (Å²) in [5.41, 5.74) is 4.05. The van der Waals surface area contributed by atoms with E-state index in [1.165, 1.54) is 10.6 Å². The van der Waals surface area contributed by atoms with Gasteiger partial charge in [-0.3, -0.25) is 9.10 Å². The third-order valence-electron chi connectivity index (χ3n) is 5.23. The van der Waals surface area contributed by atoms with Crippen molar-refractivity contribution >= 4 is 21.6 Å². The molecule has 0 saturated carbocycles. The summed E-state index contributed by atoms with van der Waals surface area (Å²) < 4.78 is 32.0. The molecule has 0 spiro atoms. The van der Waals surface area contributed by atoms with Gasteiger partial charge >= 0.3 is 0 Å². The van der Waals surface area contributed by atoms with E-state index in [2.05, 4.69) is 5.32 Å². The van der Waals surface area contributed by atoms with Gasteiger partial charge in [-0.25, -0.2) is 8.42 Å². The molecule has 3 rings (SSSR count). The molecule has 1 N–H and O–H groups in total. The van der Waals surface area contributed by atoms with Crippen molar-refractivity contribution in [3.8, 4) is 0 Å². The molecule has 3 aromatic carbocycles. The zero-order valence-electron chi connectivity index (χ0n) is 19.0. The number of rotatable bonds is 11. The number of benzene rings is 3. The fourth-order valence-electron chi connectivity index (χ4n) is 3.46. The summed E-state index contributed by atoms with van der Waals surface area (Å²) in [5, 5.41) is 2.84. The quantitative estimate of drug-likeness (QED) is 0.431. The Morgan fingerprint density at radius 3 is 2.24 bits per heavy atom. The normalized spacial score (nSPS) is 11.2. The zero-order chi connectivity index (χ0) is 23.7. The van der Waals surface area contributed by atoms with E-state index in [9.17, 15) is 13.2 Å². The van der Waals surface area contributed by atoms with E-state index in [1.54, 1.807) is 24.3 Å². The molecule has 0 aliphatic carbocycles. The second-order valence-corrected chi connectivity index (χ2v) is 9.65. The van der Waals surface area contributed by atoms with Crippen LogP contribution in [0.1, 0.15) is 34.0 Å². The molecule has 0 aliphatic rings. The Bertz CT molecular complexity index is 1150. The van der Waals surface area contributed by atoms with Crippen LogP contribution < -0.4 is 9.62 Å². The highest BCUT2D eigenvalue weighted by molar-refractivity contribution is 7.92. The maximum absolute atomic E-state index is 12.5. The fourth-order valence-corrected chi connectivity index (χ4v) is 4.38. The topological polar surface area (TPSA) is 75.7 Å². The van der Waals surface area contributed by atoms with Gasteiger partial charge in [0, 0.05) is 12.1 Å². The average Bonchev–Trinajstić information content (AvgIpc) is 2.82. The second kappa shape index (κ2) is 11.6. The lowest BCUT2D eigenvalue weighted by Crippen LogP contribution is -2.30. The first-order valence-electron chi connectivity index (χ1n) is 10.9. The first-order chi connectivity index (χ1) is 15.9. The molecule has 0 atom stereocenters. The van der Waals surface area contributed by atoms with Crippen LogP contribution in [0.2, 0.25) is 0 Å². The van der Waals surface area contributed by atoms with Crippen molar-refractivity contribution < 1.29 is 17.9 Å². The van der Waals surface area contributed by atoms with Crippen molar-refractivity contribution in [2.24, 2.45) is 0 Å². The average molecular weight is 467 g/mol. The van der Waals surface area contributed by atoms with Crippen LogP contribution in [0, 0.1) is 0 Å². The molecule has 33 heavy (non-hydrogen) atoms. The van der Waals surface area contributed by atoms with Crippen molar-refractivity contribution in [1.82, 2.24) is 5.32 Å². The van der Waals surface area contributed by atoms with E-state index in [0.717, 1.165) is 23.1 Å². The van der Waals surface area contributed by atoms with Gasteiger partial charge in [0.05, 0.1) is 31.7 Å². The second-order valence-electron chi connectivity index (χ2n) is 7.74. The van der Waals surface area contributed by atoms with Crippen molar-refractivity contribution in [2.75, 3.05) is 23.7 Å². The van der Waals surface area contributed by atoms with Crippen LogP contribution in [0.15, 0.2) is 78.9 Å². The van der Waals surface area contributed by atoms with E-state index in [0.29, 0.717) is 31.0 Å². The van der Waals surface area contributed by atoms with Gasteiger partial charge in [-0.1, -0.05) is 67.6 Å². The number of para-hydroxylation sites is 1. The Morgan fingerprint density at radius 1 is 0.909 bits per heavy atom. The first kappa shape index (κ1) is 24.5. The predicted octanol–water partition coefficient (Wildman–Crippen LogP) is 4.16. The summed E-state index contributed by atoms with van der Waals surface area (Å²) in [7, 11) is -3.47. The van der Waals surface area contributed by atoms with E-state index in [-0.39, 0.29) is 12.5 Å². The molecular weight excluding hydrogens is 436 g/mol. The molecule has 0 saturated heterocycles. The highest BCUT2D eigenvalue weighted by Crippen LogP contribution is 2.25. The monoisotopic (exact) mass is 466 g/mol. The SMILES string of the molecule is CCc1ccccc1N(Cc1ccc(C(=O)NCCOCc2ccccc2)cc1)S(C)(=O)=O. The smallest absolute Gasteiger partial charge is 0.251 e. The molecule has 6 nitrogen and oxygen atoms in total. The third-order valence-corrected chi connectivity index (χ3v) is 6.35. The highest BCUT2D eigenvalue weighted by atomic mass is 32.2. The van der Waals surface area contributed by atoms with Gasteiger partial charge < -0.3 is 10.1 Å². The van der Waals surface area contributed by atoms with Gasteiger partial charge in [0.1, 0.15) is 0 Å². The minimum absolute atomic E-state index is 0.193. The van der Waals surface area contributed by atoms with Crippen LogP contribution in [0.3, 0.4) is 0 Å². The molecule has 0 bridgehead atoms. The molecule has 0 radical (unpaired) electrons. The van der Waals surface area contributed by atoms with Crippen LogP contribution >= 0.6 is 0 Å². The number of ether oxygens (including phenoxy) is 1. The third kappa shape index (κ3) is 7.17. The van der Waals surface area contributed by atoms with Crippen LogP contribution in [0.5, 0.6) is 0 Å². The van der Waals surface area contributed by atoms with Crippen molar-refractivity contribution in [1.29, 1.82) is 0 Å². The zero-order valence-corrected chi connectivity index (χ0v) is 19.8. The van der Waals surface area contributed by atoms with Crippen LogP contribution in [-0.2, 0) is 34.3 Å². The van der Waals surface area contributed by atoms with E-state index in [1.807, 2.05) is 61.5 Å². The highest BCUT2D eigenvalue weighted by Gasteiger charge is 2.20. The van der Waals surface area contributed by atoms with Crippen LogP contribution in [0.4, 0.5) is 5.69 Å². The molecular formula is C26H30N2O4S. The van der Waals surface area contributed by atoms with Gasteiger partial charge in [-0.2, -0.15) is 0 Å². The Kier molecular flexibility index (Phi) is 8.63. The Hall–Kier alpha value is -3.16. The predicted molar refractivity (Wildman–Crippen MR) is 132 cm³/mol. The van der Waals surface area contributed by atoms with E-state index < -0.39 is 10.0 Å². The van der Waals surface area contributed by atoms with Crippen LogP contribution in [0.25, 0.3) is 0 Å². The Balaban J connectivity index is 1.56. The summed E-state index contributed by atoms with van der Waals surface area (Å²) in [6.07, 6.45) is 1.94. The first-order valence-corrected chi connectivity index (χ1v) is 12.8. The van der Waals surface area contributed by atoms with Crippen molar-refractivity contribution in [2.45, 2.75) is 26.5 Å². The summed E-state index contributed by atoms with van der Waals surface area (Å²) in [6.45, 7) is 3.52. The molecule has 174 valence electrons. The Labute approximate surface area is 196 Å². The molecule has 1 amide bonds. The minimum Gasteiger partial charge on any atom is -0.375 e. The number of anilines is 1. The number of amides is 1. The Morgan fingerprint density at radius 2 is 1.58 bits per heavy atom. The number of hydrogen-bond donors (Lipinski definition) is 1.